The topological polar surface area (TPSA) is 67.6 Å². The molecule has 0 amide bonds. The average Bonchev–Trinajstić information content (AvgIpc) is 3.05. The van der Waals surface area contributed by atoms with Crippen LogP contribution < -0.4 is 0 Å². The van der Waals surface area contributed by atoms with Crippen LogP contribution in [0.5, 0.6) is 0 Å². The number of rotatable bonds is 7. The van der Waals surface area contributed by atoms with Crippen molar-refractivity contribution < 1.29 is 14.6 Å². The SMILES string of the molecule is CCN(CCCn1ccnc1)C1COCC1C(=O)O. The first-order chi connectivity index (χ1) is 9.22. The zero-order chi connectivity index (χ0) is 13.7. The van der Waals surface area contributed by atoms with Gasteiger partial charge in [-0.1, -0.05) is 6.92 Å². The van der Waals surface area contributed by atoms with Crippen LogP contribution in [0.2, 0.25) is 0 Å². The first kappa shape index (κ1) is 14.0. The van der Waals surface area contributed by atoms with Gasteiger partial charge in [0.25, 0.3) is 0 Å². The van der Waals surface area contributed by atoms with Gasteiger partial charge in [0.15, 0.2) is 0 Å². The van der Waals surface area contributed by atoms with Gasteiger partial charge >= 0.3 is 5.97 Å². The van der Waals surface area contributed by atoms with E-state index in [1.807, 2.05) is 10.8 Å². The molecule has 6 heteroatoms. The van der Waals surface area contributed by atoms with E-state index in [1.54, 1.807) is 12.5 Å². The number of carboxylic acids is 1. The van der Waals surface area contributed by atoms with Gasteiger partial charge in [0.1, 0.15) is 0 Å². The number of aromatic nitrogens is 2. The molecule has 0 radical (unpaired) electrons. The minimum Gasteiger partial charge on any atom is -0.481 e. The highest BCUT2D eigenvalue weighted by molar-refractivity contribution is 5.71. The number of aryl methyl sites for hydroxylation is 1. The molecule has 1 saturated heterocycles. The van der Waals surface area contributed by atoms with E-state index in [9.17, 15) is 9.90 Å². The third kappa shape index (κ3) is 3.54. The third-order valence-corrected chi connectivity index (χ3v) is 3.66. The van der Waals surface area contributed by atoms with Gasteiger partial charge in [-0.25, -0.2) is 4.98 Å². The van der Waals surface area contributed by atoms with Crippen LogP contribution in [0.25, 0.3) is 0 Å². The second-order valence-corrected chi connectivity index (χ2v) is 4.83. The molecule has 1 aliphatic rings. The second kappa shape index (κ2) is 6.68. The first-order valence-corrected chi connectivity index (χ1v) is 6.72. The van der Waals surface area contributed by atoms with Crippen LogP contribution in [-0.2, 0) is 16.1 Å². The Bertz CT molecular complexity index is 394. The Balaban J connectivity index is 1.83. The van der Waals surface area contributed by atoms with Crippen molar-refractivity contribution in [3.05, 3.63) is 18.7 Å². The molecule has 106 valence electrons. The standard InChI is InChI=1S/C13H21N3O3/c1-2-16(6-3-5-15-7-4-14-10-15)12-9-19-8-11(12)13(17)18/h4,7,10-12H,2-3,5-6,8-9H2,1H3,(H,17,18). The fraction of sp³-hybridized carbons (Fsp3) is 0.692. The van der Waals surface area contributed by atoms with E-state index < -0.39 is 11.9 Å². The number of hydrogen-bond donors (Lipinski definition) is 1. The minimum atomic E-state index is -0.754. The molecule has 1 aliphatic heterocycles. The summed E-state index contributed by atoms with van der Waals surface area (Å²) in [6, 6.07) is 0.00490. The van der Waals surface area contributed by atoms with Crippen LogP contribution in [0.3, 0.4) is 0 Å². The second-order valence-electron chi connectivity index (χ2n) is 4.83. The zero-order valence-corrected chi connectivity index (χ0v) is 11.2. The minimum absolute atomic E-state index is 0.00490. The van der Waals surface area contributed by atoms with Gasteiger partial charge in [-0.3, -0.25) is 9.69 Å². The van der Waals surface area contributed by atoms with Crippen molar-refractivity contribution in [1.82, 2.24) is 14.5 Å². The largest absolute Gasteiger partial charge is 0.481 e. The molecule has 2 atom stereocenters. The molecule has 2 rings (SSSR count). The predicted octanol–water partition coefficient (Wildman–Crippen LogP) is 0.695. The normalized spacial score (nSPS) is 23.1. The van der Waals surface area contributed by atoms with Gasteiger partial charge in [-0.2, -0.15) is 0 Å². The van der Waals surface area contributed by atoms with Gasteiger partial charge in [0.2, 0.25) is 0 Å². The van der Waals surface area contributed by atoms with Gasteiger partial charge < -0.3 is 14.4 Å². The number of nitrogens with zero attached hydrogens (tertiary/aromatic N) is 3. The van der Waals surface area contributed by atoms with E-state index in [1.165, 1.54) is 0 Å². The average molecular weight is 267 g/mol. The van der Waals surface area contributed by atoms with E-state index in [-0.39, 0.29) is 6.04 Å². The monoisotopic (exact) mass is 267 g/mol. The molecule has 19 heavy (non-hydrogen) atoms. The van der Waals surface area contributed by atoms with E-state index in [0.29, 0.717) is 13.2 Å². The van der Waals surface area contributed by atoms with Crippen molar-refractivity contribution in [1.29, 1.82) is 0 Å². The Labute approximate surface area is 113 Å². The van der Waals surface area contributed by atoms with E-state index in [2.05, 4.69) is 16.8 Å². The summed E-state index contributed by atoms with van der Waals surface area (Å²) in [6.07, 6.45) is 6.49. The van der Waals surface area contributed by atoms with Crippen molar-refractivity contribution in [2.24, 2.45) is 5.92 Å². The third-order valence-electron chi connectivity index (χ3n) is 3.66. The summed E-state index contributed by atoms with van der Waals surface area (Å²) < 4.78 is 7.36. The lowest BCUT2D eigenvalue weighted by Crippen LogP contribution is -2.43. The van der Waals surface area contributed by atoms with Crippen LogP contribution >= 0.6 is 0 Å². The highest BCUT2D eigenvalue weighted by atomic mass is 16.5. The molecular formula is C13H21N3O3. The number of aliphatic carboxylic acids is 1. The lowest BCUT2D eigenvalue weighted by atomic mass is 10.0. The van der Waals surface area contributed by atoms with Crippen molar-refractivity contribution in [2.75, 3.05) is 26.3 Å². The fourth-order valence-electron chi connectivity index (χ4n) is 2.57. The maximum atomic E-state index is 11.2. The molecule has 1 N–H and O–H groups in total. The Morgan fingerprint density at radius 2 is 2.42 bits per heavy atom. The maximum absolute atomic E-state index is 11.2. The van der Waals surface area contributed by atoms with Crippen LogP contribution in [0, 0.1) is 5.92 Å². The van der Waals surface area contributed by atoms with Gasteiger partial charge in [0.05, 0.1) is 25.5 Å². The summed E-state index contributed by atoms with van der Waals surface area (Å²) in [4.78, 5) is 17.4. The van der Waals surface area contributed by atoms with E-state index in [4.69, 9.17) is 4.74 Å². The number of carboxylic acid groups (broad SMARTS) is 1. The molecule has 1 aromatic heterocycles. The van der Waals surface area contributed by atoms with E-state index >= 15 is 0 Å². The number of hydrogen-bond acceptors (Lipinski definition) is 4. The first-order valence-electron chi connectivity index (χ1n) is 6.72. The molecule has 0 bridgehead atoms. The van der Waals surface area contributed by atoms with Crippen molar-refractivity contribution in [2.45, 2.75) is 25.9 Å². The number of likely N-dealkylation sites (N-methyl/N-ethyl adjacent to an activating group) is 1. The summed E-state index contributed by atoms with van der Waals surface area (Å²) in [6.45, 7) is 5.55. The zero-order valence-electron chi connectivity index (χ0n) is 11.2. The summed E-state index contributed by atoms with van der Waals surface area (Å²) >= 11 is 0. The Hall–Kier alpha value is -1.40. The number of carbonyl (C=O) groups is 1. The molecular weight excluding hydrogens is 246 g/mol. The van der Waals surface area contributed by atoms with Gasteiger partial charge in [-0.05, 0) is 13.0 Å². The molecule has 0 aromatic carbocycles. The quantitative estimate of drug-likeness (QED) is 0.787. The van der Waals surface area contributed by atoms with Crippen LogP contribution in [0.4, 0.5) is 0 Å². The van der Waals surface area contributed by atoms with Gasteiger partial charge in [-0.15, -0.1) is 0 Å². The molecule has 1 fully saturated rings. The summed E-state index contributed by atoms with van der Waals surface area (Å²) in [5.41, 5.74) is 0. The Kier molecular flexibility index (Phi) is 4.93. The van der Waals surface area contributed by atoms with Crippen molar-refractivity contribution >= 4 is 5.97 Å². The highest BCUT2D eigenvalue weighted by Gasteiger charge is 2.37. The maximum Gasteiger partial charge on any atom is 0.310 e. The lowest BCUT2D eigenvalue weighted by Gasteiger charge is -2.29. The van der Waals surface area contributed by atoms with Crippen LogP contribution in [0.15, 0.2) is 18.7 Å². The highest BCUT2D eigenvalue weighted by Crippen LogP contribution is 2.20. The molecule has 6 nitrogen and oxygen atoms in total. The van der Waals surface area contributed by atoms with Crippen LogP contribution in [0.1, 0.15) is 13.3 Å². The Morgan fingerprint density at radius 1 is 1.58 bits per heavy atom. The van der Waals surface area contributed by atoms with Crippen molar-refractivity contribution in [3.8, 4) is 0 Å². The van der Waals surface area contributed by atoms with Crippen LogP contribution in [-0.4, -0.2) is 57.9 Å². The molecule has 2 heterocycles. The smallest absolute Gasteiger partial charge is 0.310 e. The number of ether oxygens (including phenoxy) is 1. The number of imidazole rings is 1. The van der Waals surface area contributed by atoms with E-state index in [0.717, 1.165) is 26.1 Å². The molecule has 2 unspecified atom stereocenters. The molecule has 0 aliphatic carbocycles. The Morgan fingerprint density at radius 3 is 3.05 bits per heavy atom. The molecule has 0 spiro atoms. The summed E-state index contributed by atoms with van der Waals surface area (Å²) in [5.74, 6) is -1.15. The van der Waals surface area contributed by atoms with Crippen molar-refractivity contribution in [3.63, 3.8) is 0 Å². The summed E-state index contributed by atoms with van der Waals surface area (Å²) in [5, 5.41) is 9.18. The summed E-state index contributed by atoms with van der Waals surface area (Å²) in [7, 11) is 0. The molecule has 0 saturated carbocycles. The predicted molar refractivity (Wildman–Crippen MR) is 69.8 cm³/mol. The lowest BCUT2D eigenvalue weighted by molar-refractivity contribution is -0.143. The molecule has 1 aromatic rings. The van der Waals surface area contributed by atoms with Gasteiger partial charge in [0, 0.05) is 31.5 Å². The fourth-order valence-corrected chi connectivity index (χ4v) is 2.57.